The summed E-state index contributed by atoms with van der Waals surface area (Å²) in [6.45, 7) is 3.76. The quantitative estimate of drug-likeness (QED) is 0.641. The lowest BCUT2D eigenvalue weighted by Gasteiger charge is -2.11. The van der Waals surface area contributed by atoms with Crippen molar-refractivity contribution in [1.82, 2.24) is 4.98 Å². The summed E-state index contributed by atoms with van der Waals surface area (Å²) in [6.07, 6.45) is 1.96. The molecule has 5 nitrogen and oxygen atoms in total. The first-order valence-corrected chi connectivity index (χ1v) is 7.82. The van der Waals surface area contributed by atoms with Gasteiger partial charge in [-0.15, -0.1) is 0 Å². The van der Waals surface area contributed by atoms with Crippen LogP contribution in [0.2, 0.25) is 0 Å². The first kappa shape index (κ1) is 16.6. The molecular weight excluding hydrogens is 318 g/mol. The topological polar surface area (TPSA) is 64.7 Å². The summed E-state index contributed by atoms with van der Waals surface area (Å²) < 4.78 is 16.6. The standard InChI is InChI=1S/C20H19NO4/c1-14(22)10-15-8-9-18(19(11-15)23-2)24-12-17-13-25-20(21-17)16-6-4-3-5-7-16/h3-9,11,13,22H,1,10,12H2,2H3. The van der Waals surface area contributed by atoms with Crippen molar-refractivity contribution in [2.75, 3.05) is 7.11 Å². The molecule has 0 aliphatic heterocycles. The maximum atomic E-state index is 9.30. The molecule has 1 N–H and O–H groups in total. The van der Waals surface area contributed by atoms with Gasteiger partial charge in [-0.05, 0) is 29.8 Å². The molecule has 0 unspecified atom stereocenters. The van der Waals surface area contributed by atoms with Crippen LogP contribution in [0.3, 0.4) is 0 Å². The van der Waals surface area contributed by atoms with E-state index in [-0.39, 0.29) is 12.4 Å². The van der Waals surface area contributed by atoms with E-state index in [9.17, 15) is 5.11 Å². The molecule has 0 saturated heterocycles. The van der Waals surface area contributed by atoms with E-state index in [1.54, 1.807) is 19.4 Å². The average molecular weight is 337 g/mol. The molecule has 0 aliphatic carbocycles. The fourth-order valence-corrected chi connectivity index (χ4v) is 2.42. The minimum absolute atomic E-state index is 0.103. The van der Waals surface area contributed by atoms with E-state index in [0.29, 0.717) is 29.5 Å². The number of benzene rings is 2. The van der Waals surface area contributed by atoms with Crippen LogP contribution in [0.5, 0.6) is 11.5 Å². The van der Waals surface area contributed by atoms with Crippen LogP contribution in [0.1, 0.15) is 11.3 Å². The van der Waals surface area contributed by atoms with Crippen LogP contribution in [-0.4, -0.2) is 17.2 Å². The SMILES string of the molecule is C=C(O)Cc1ccc(OCc2coc(-c3ccccc3)n2)c(OC)c1. The third kappa shape index (κ3) is 4.20. The number of methoxy groups -OCH3 is 1. The number of allylic oxidation sites excluding steroid dienone is 1. The molecule has 3 aromatic rings. The maximum absolute atomic E-state index is 9.30. The second kappa shape index (κ2) is 7.57. The lowest BCUT2D eigenvalue weighted by molar-refractivity contribution is 0.280. The molecule has 5 heteroatoms. The van der Waals surface area contributed by atoms with Crippen molar-refractivity contribution in [2.45, 2.75) is 13.0 Å². The largest absolute Gasteiger partial charge is 0.513 e. The van der Waals surface area contributed by atoms with Crippen molar-refractivity contribution in [3.63, 3.8) is 0 Å². The minimum Gasteiger partial charge on any atom is -0.513 e. The zero-order valence-electron chi connectivity index (χ0n) is 13.9. The molecule has 0 bridgehead atoms. The number of aromatic nitrogens is 1. The summed E-state index contributed by atoms with van der Waals surface area (Å²) in [5, 5.41) is 9.30. The average Bonchev–Trinajstić information content (AvgIpc) is 3.10. The van der Waals surface area contributed by atoms with Crippen molar-refractivity contribution < 1.29 is 19.0 Å². The molecule has 0 saturated carbocycles. The monoisotopic (exact) mass is 337 g/mol. The Labute approximate surface area is 146 Å². The second-order valence-corrected chi connectivity index (χ2v) is 5.53. The Balaban J connectivity index is 1.69. The van der Waals surface area contributed by atoms with E-state index in [1.165, 1.54) is 0 Å². The first-order valence-electron chi connectivity index (χ1n) is 7.82. The number of nitrogens with zero attached hydrogens (tertiary/aromatic N) is 1. The van der Waals surface area contributed by atoms with Crippen LogP contribution in [0.25, 0.3) is 11.5 Å². The van der Waals surface area contributed by atoms with Crippen LogP contribution in [-0.2, 0) is 13.0 Å². The van der Waals surface area contributed by atoms with Crippen molar-refractivity contribution in [3.8, 4) is 23.0 Å². The summed E-state index contributed by atoms with van der Waals surface area (Å²) in [5.41, 5.74) is 2.50. The van der Waals surface area contributed by atoms with E-state index < -0.39 is 0 Å². The van der Waals surface area contributed by atoms with E-state index in [0.717, 1.165) is 11.1 Å². The maximum Gasteiger partial charge on any atom is 0.226 e. The Kier molecular flexibility index (Phi) is 5.04. The molecular formula is C20H19NO4. The van der Waals surface area contributed by atoms with E-state index in [2.05, 4.69) is 11.6 Å². The fourth-order valence-electron chi connectivity index (χ4n) is 2.42. The van der Waals surface area contributed by atoms with Gasteiger partial charge in [-0.2, -0.15) is 0 Å². The highest BCUT2D eigenvalue weighted by Gasteiger charge is 2.10. The van der Waals surface area contributed by atoms with Crippen molar-refractivity contribution in [3.05, 3.63) is 78.4 Å². The molecule has 0 aliphatic rings. The highest BCUT2D eigenvalue weighted by Crippen LogP contribution is 2.29. The number of oxazole rings is 1. The molecule has 0 radical (unpaired) electrons. The summed E-state index contributed by atoms with van der Waals surface area (Å²) in [4.78, 5) is 4.43. The highest BCUT2D eigenvalue weighted by molar-refractivity contribution is 5.52. The lowest BCUT2D eigenvalue weighted by Crippen LogP contribution is -1.99. The Morgan fingerprint density at radius 2 is 1.96 bits per heavy atom. The zero-order chi connectivity index (χ0) is 17.6. The number of hydrogen-bond donors (Lipinski definition) is 1. The van der Waals surface area contributed by atoms with E-state index >= 15 is 0 Å². The predicted octanol–water partition coefficient (Wildman–Crippen LogP) is 4.54. The molecule has 1 aromatic heterocycles. The number of ether oxygens (including phenoxy) is 2. The summed E-state index contributed by atoms with van der Waals surface area (Å²) >= 11 is 0. The second-order valence-electron chi connectivity index (χ2n) is 5.53. The zero-order valence-corrected chi connectivity index (χ0v) is 13.9. The smallest absolute Gasteiger partial charge is 0.226 e. The van der Waals surface area contributed by atoms with Crippen LogP contribution < -0.4 is 9.47 Å². The van der Waals surface area contributed by atoms with Crippen molar-refractivity contribution >= 4 is 0 Å². The third-order valence-electron chi connectivity index (χ3n) is 3.58. The van der Waals surface area contributed by atoms with E-state index in [1.807, 2.05) is 42.5 Å². The molecule has 0 fully saturated rings. The number of aliphatic hydroxyl groups is 1. The number of rotatable bonds is 7. The van der Waals surface area contributed by atoms with Gasteiger partial charge in [0.05, 0.1) is 12.9 Å². The minimum atomic E-state index is 0.103. The van der Waals surface area contributed by atoms with Gasteiger partial charge >= 0.3 is 0 Å². The van der Waals surface area contributed by atoms with Gasteiger partial charge in [0.1, 0.15) is 18.6 Å². The molecule has 128 valence electrons. The van der Waals surface area contributed by atoms with Gasteiger partial charge in [0.25, 0.3) is 0 Å². The van der Waals surface area contributed by atoms with Gasteiger partial charge in [0.2, 0.25) is 5.89 Å². The molecule has 25 heavy (non-hydrogen) atoms. The number of hydrogen-bond acceptors (Lipinski definition) is 5. The summed E-state index contributed by atoms with van der Waals surface area (Å²) in [6, 6.07) is 15.2. The molecule has 0 atom stereocenters. The van der Waals surface area contributed by atoms with Gasteiger partial charge in [0, 0.05) is 12.0 Å². The molecule has 0 amide bonds. The van der Waals surface area contributed by atoms with Gasteiger partial charge in [0.15, 0.2) is 11.5 Å². The van der Waals surface area contributed by atoms with Crippen LogP contribution in [0.15, 0.2) is 71.5 Å². The summed E-state index contributed by atoms with van der Waals surface area (Å²) in [7, 11) is 1.57. The first-order chi connectivity index (χ1) is 12.2. The third-order valence-corrected chi connectivity index (χ3v) is 3.58. The summed E-state index contributed by atoms with van der Waals surface area (Å²) in [5.74, 6) is 1.85. The lowest BCUT2D eigenvalue weighted by atomic mass is 10.1. The van der Waals surface area contributed by atoms with Crippen molar-refractivity contribution in [2.24, 2.45) is 0 Å². The molecule has 1 heterocycles. The normalized spacial score (nSPS) is 10.4. The van der Waals surface area contributed by atoms with Crippen LogP contribution in [0.4, 0.5) is 0 Å². The Hall–Kier alpha value is -3.21. The Morgan fingerprint density at radius 3 is 2.68 bits per heavy atom. The van der Waals surface area contributed by atoms with Gasteiger partial charge in [-0.1, -0.05) is 30.8 Å². The van der Waals surface area contributed by atoms with Crippen molar-refractivity contribution in [1.29, 1.82) is 0 Å². The predicted molar refractivity (Wildman–Crippen MR) is 94.7 cm³/mol. The molecule has 2 aromatic carbocycles. The highest BCUT2D eigenvalue weighted by atomic mass is 16.5. The van der Waals surface area contributed by atoms with Gasteiger partial charge < -0.3 is 19.0 Å². The Bertz CT molecular complexity index is 855. The van der Waals surface area contributed by atoms with Gasteiger partial charge in [-0.25, -0.2) is 4.98 Å². The van der Waals surface area contributed by atoms with E-state index in [4.69, 9.17) is 13.9 Å². The van der Waals surface area contributed by atoms with Crippen LogP contribution >= 0.6 is 0 Å². The number of aliphatic hydroxyl groups excluding tert-OH is 1. The molecule has 3 rings (SSSR count). The fraction of sp³-hybridized carbons (Fsp3) is 0.150. The van der Waals surface area contributed by atoms with Crippen LogP contribution in [0, 0.1) is 0 Å². The Morgan fingerprint density at radius 1 is 1.16 bits per heavy atom. The van der Waals surface area contributed by atoms with Gasteiger partial charge in [-0.3, -0.25) is 0 Å². The molecule has 0 spiro atoms.